The number of nitrogens with one attached hydrogen (secondary N) is 2. The Labute approximate surface area is 105 Å². The summed E-state index contributed by atoms with van der Waals surface area (Å²) < 4.78 is 0. The van der Waals surface area contributed by atoms with Gasteiger partial charge < -0.3 is 10.6 Å². The first-order valence-corrected chi connectivity index (χ1v) is 6.23. The van der Waals surface area contributed by atoms with Crippen molar-refractivity contribution in [2.24, 2.45) is 0 Å². The number of halogens is 1. The van der Waals surface area contributed by atoms with Crippen LogP contribution >= 0.6 is 11.6 Å². The van der Waals surface area contributed by atoms with E-state index in [1.165, 1.54) is 6.42 Å². The van der Waals surface area contributed by atoms with Crippen molar-refractivity contribution in [3.05, 3.63) is 35.5 Å². The molecular formula is C13H14ClN3. The van der Waals surface area contributed by atoms with Gasteiger partial charge in [-0.1, -0.05) is 11.6 Å². The molecule has 0 radical (unpaired) electrons. The van der Waals surface area contributed by atoms with Gasteiger partial charge in [-0.25, -0.2) is 4.98 Å². The summed E-state index contributed by atoms with van der Waals surface area (Å²) in [7, 11) is 0. The number of aromatic nitrogens is 1. The molecule has 1 aliphatic rings. The standard InChI is InChI=1S/C13H14ClN3/c14-13-4-1-9-7-10(2-3-12(9)17-13)16-11-5-6-15-8-11/h1-4,7,11,15-16H,5-6,8H2. The van der Waals surface area contributed by atoms with Crippen molar-refractivity contribution in [3.63, 3.8) is 0 Å². The lowest BCUT2D eigenvalue weighted by Gasteiger charge is -2.13. The van der Waals surface area contributed by atoms with E-state index in [0.717, 1.165) is 29.7 Å². The van der Waals surface area contributed by atoms with Crippen molar-refractivity contribution in [2.75, 3.05) is 18.4 Å². The van der Waals surface area contributed by atoms with Gasteiger partial charge in [-0.2, -0.15) is 0 Å². The van der Waals surface area contributed by atoms with Gasteiger partial charge in [-0.05, 0) is 43.3 Å². The highest BCUT2D eigenvalue weighted by molar-refractivity contribution is 6.29. The molecule has 3 nitrogen and oxygen atoms in total. The summed E-state index contributed by atoms with van der Waals surface area (Å²) >= 11 is 5.86. The molecule has 0 saturated carbocycles. The van der Waals surface area contributed by atoms with Crippen LogP contribution in [0, 0.1) is 0 Å². The van der Waals surface area contributed by atoms with Gasteiger partial charge in [0.05, 0.1) is 5.52 Å². The second kappa shape index (κ2) is 4.51. The van der Waals surface area contributed by atoms with Crippen molar-refractivity contribution in [3.8, 4) is 0 Å². The van der Waals surface area contributed by atoms with E-state index in [2.05, 4.69) is 27.8 Å². The smallest absolute Gasteiger partial charge is 0.129 e. The molecule has 1 unspecified atom stereocenters. The number of hydrogen-bond acceptors (Lipinski definition) is 3. The Hall–Kier alpha value is -1.32. The highest BCUT2D eigenvalue weighted by Gasteiger charge is 2.13. The SMILES string of the molecule is Clc1ccc2cc(NC3CCNC3)ccc2n1. The summed E-state index contributed by atoms with van der Waals surface area (Å²) in [5.41, 5.74) is 2.09. The fourth-order valence-electron chi connectivity index (χ4n) is 2.20. The van der Waals surface area contributed by atoms with E-state index in [0.29, 0.717) is 11.2 Å². The van der Waals surface area contributed by atoms with Gasteiger partial charge in [0.2, 0.25) is 0 Å². The van der Waals surface area contributed by atoms with Crippen LogP contribution in [-0.2, 0) is 0 Å². The van der Waals surface area contributed by atoms with Gasteiger partial charge in [0.25, 0.3) is 0 Å². The van der Waals surface area contributed by atoms with Crippen molar-refractivity contribution in [1.29, 1.82) is 0 Å². The second-order valence-electron chi connectivity index (χ2n) is 4.38. The van der Waals surface area contributed by atoms with Crippen LogP contribution in [0.2, 0.25) is 5.15 Å². The third-order valence-corrected chi connectivity index (χ3v) is 3.30. The van der Waals surface area contributed by atoms with E-state index in [4.69, 9.17) is 11.6 Å². The molecule has 1 fully saturated rings. The van der Waals surface area contributed by atoms with E-state index < -0.39 is 0 Å². The number of anilines is 1. The third kappa shape index (κ3) is 2.35. The van der Waals surface area contributed by atoms with Gasteiger partial charge in [0, 0.05) is 23.7 Å². The molecule has 4 heteroatoms. The minimum absolute atomic E-state index is 0.535. The first kappa shape index (κ1) is 10.8. The fourth-order valence-corrected chi connectivity index (χ4v) is 2.36. The van der Waals surface area contributed by atoms with Crippen LogP contribution in [0.1, 0.15) is 6.42 Å². The zero-order valence-corrected chi connectivity index (χ0v) is 10.2. The van der Waals surface area contributed by atoms with E-state index in [1.54, 1.807) is 0 Å². The molecule has 3 rings (SSSR count). The Morgan fingerprint density at radius 3 is 3.06 bits per heavy atom. The zero-order valence-electron chi connectivity index (χ0n) is 9.41. The molecule has 1 aromatic heterocycles. The van der Waals surface area contributed by atoms with E-state index >= 15 is 0 Å². The first-order valence-electron chi connectivity index (χ1n) is 5.85. The molecule has 1 aliphatic heterocycles. The van der Waals surface area contributed by atoms with Crippen LogP contribution in [0.3, 0.4) is 0 Å². The maximum atomic E-state index is 5.86. The van der Waals surface area contributed by atoms with Gasteiger partial charge in [0.15, 0.2) is 0 Å². The summed E-state index contributed by atoms with van der Waals surface area (Å²) in [6.07, 6.45) is 1.18. The fraction of sp³-hybridized carbons (Fsp3) is 0.308. The average Bonchev–Trinajstić information content (AvgIpc) is 2.82. The predicted octanol–water partition coefficient (Wildman–Crippen LogP) is 2.66. The average molecular weight is 248 g/mol. The highest BCUT2D eigenvalue weighted by Crippen LogP contribution is 2.20. The molecule has 0 aliphatic carbocycles. The molecular weight excluding hydrogens is 234 g/mol. The Balaban J connectivity index is 1.88. The number of rotatable bonds is 2. The number of pyridine rings is 1. The molecule has 2 aromatic rings. The van der Waals surface area contributed by atoms with Crippen molar-refractivity contribution < 1.29 is 0 Å². The number of fused-ring (bicyclic) bond motifs is 1. The monoisotopic (exact) mass is 247 g/mol. The normalized spacial score (nSPS) is 19.7. The van der Waals surface area contributed by atoms with Crippen LogP contribution in [0.5, 0.6) is 0 Å². The highest BCUT2D eigenvalue weighted by atomic mass is 35.5. The third-order valence-electron chi connectivity index (χ3n) is 3.09. The molecule has 1 atom stereocenters. The lowest BCUT2D eigenvalue weighted by Crippen LogP contribution is -2.21. The van der Waals surface area contributed by atoms with Crippen LogP contribution in [0.4, 0.5) is 5.69 Å². The predicted molar refractivity (Wildman–Crippen MR) is 71.7 cm³/mol. The number of benzene rings is 1. The summed E-state index contributed by atoms with van der Waals surface area (Å²) in [6, 6.07) is 10.5. The minimum Gasteiger partial charge on any atom is -0.381 e. The first-order chi connectivity index (χ1) is 8.31. The summed E-state index contributed by atoms with van der Waals surface area (Å²) in [5, 5.41) is 8.53. The maximum absolute atomic E-state index is 5.86. The number of hydrogen-bond donors (Lipinski definition) is 2. The van der Waals surface area contributed by atoms with E-state index in [9.17, 15) is 0 Å². The van der Waals surface area contributed by atoms with Crippen molar-refractivity contribution in [1.82, 2.24) is 10.3 Å². The van der Waals surface area contributed by atoms with Crippen LogP contribution in [0.15, 0.2) is 30.3 Å². The van der Waals surface area contributed by atoms with Crippen LogP contribution < -0.4 is 10.6 Å². The molecule has 2 heterocycles. The summed E-state index contributed by atoms with van der Waals surface area (Å²) in [6.45, 7) is 2.14. The van der Waals surface area contributed by atoms with Gasteiger partial charge >= 0.3 is 0 Å². The van der Waals surface area contributed by atoms with E-state index in [-0.39, 0.29) is 0 Å². The summed E-state index contributed by atoms with van der Waals surface area (Å²) in [4.78, 5) is 4.27. The molecule has 0 spiro atoms. The quantitative estimate of drug-likeness (QED) is 0.802. The Morgan fingerprint density at radius 2 is 2.24 bits per heavy atom. The lowest BCUT2D eigenvalue weighted by molar-refractivity contribution is 0.793. The molecule has 88 valence electrons. The van der Waals surface area contributed by atoms with Crippen LogP contribution in [-0.4, -0.2) is 24.1 Å². The van der Waals surface area contributed by atoms with Gasteiger partial charge in [0.1, 0.15) is 5.15 Å². The molecule has 0 amide bonds. The summed E-state index contributed by atoms with van der Waals surface area (Å²) in [5.74, 6) is 0. The molecule has 1 saturated heterocycles. The Bertz CT molecular complexity index is 535. The maximum Gasteiger partial charge on any atom is 0.129 e. The lowest BCUT2D eigenvalue weighted by atomic mass is 10.2. The van der Waals surface area contributed by atoms with Crippen molar-refractivity contribution >= 4 is 28.2 Å². The zero-order chi connectivity index (χ0) is 11.7. The second-order valence-corrected chi connectivity index (χ2v) is 4.76. The van der Waals surface area contributed by atoms with Crippen molar-refractivity contribution in [2.45, 2.75) is 12.5 Å². The van der Waals surface area contributed by atoms with Gasteiger partial charge in [-0.15, -0.1) is 0 Å². The molecule has 2 N–H and O–H groups in total. The largest absolute Gasteiger partial charge is 0.381 e. The molecule has 1 aromatic carbocycles. The topological polar surface area (TPSA) is 37.0 Å². The Kier molecular flexibility index (Phi) is 2.87. The Morgan fingerprint density at radius 1 is 1.29 bits per heavy atom. The van der Waals surface area contributed by atoms with E-state index in [1.807, 2.05) is 18.2 Å². The minimum atomic E-state index is 0.535. The molecule has 0 bridgehead atoms. The molecule has 17 heavy (non-hydrogen) atoms. The number of nitrogens with zero attached hydrogens (tertiary/aromatic N) is 1. The van der Waals surface area contributed by atoms with Crippen LogP contribution in [0.25, 0.3) is 10.9 Å². The van der Waals surface area contributed by atoms with Gasteiger partial charge in [-0.3, -0.25) is 0 Å².